The summed E-state index contributed by atoms with van der Waals surface area (Å²) >= 11 is 0. The number of hydrogen-bond donors (Lipinski definition) is 1. The van der Waals surface area contributed by atoms with Crippen molar-refractivity contribution in [3.8, 4) is 0 Å². The smallest absolute Gasteiger partial charge is 0.0587 e. The summed E-state index contributed by atoms with van der Waals surface area (Å²) in [5.41, 5.74) is 0. The molecule has 0 aromatic heterocycles. The second-order valence-corrected chi connectivity index (χ2v) is 5.92. The van der Waals surface area contributed by atoms with Crippen LogP contribution >= 0.6 is 0 Å². The monoisotopic (exact) mass is 239 g/mol. The minimum Gasteiger partial charge on any atom is -0.378 e. The van der Waals surface area contributed by atoms with Crippen LogP contribution in [0, 0.1) is 5.92 Å². The van der Waals surface area contributed by atoms with E-state index in [0.29, 0.717) is 12.1 Å². The van der Waals surface area contributed by atoms with Crippen molar-refractivity contribution >= 4 is 0 Å². The van der Waals surface area contributed by atoms with Crippen LogP contribution in [0.15, 0.2) is 0 Å². The van der Waals surface area contributed by atoms with E-state index in [0.717, 1.165) is 19.1 Å². The number of ether oxygens (including phenoxy) is 1. The zero-order valence-corrected chi connectivity index (χ0v) is 11.4. The first kappa shape index (κ1) is 13.4. The molecule has 2 rings (SSSR count). The van der Waals surface area contributed by atoms with Crippen LogP contribution in [0.3, 0.4) is 0 Å². The van der Waals surface area contributed by atoms with Crippen LogP contribution < -0.4 is 5.32 Å². The van der Waals surface area contributed by atoms with Crippen molar-refractivity contribution < 1.29 is 4.74 Å². The van der Waals surface area contributed by atoms with E-state index in [-0.39, 0.29) is 0 Å². The van der Waals surface area contributed by atoms with Gasteiger partial charge in [-0.2, -0.15) is 0 Å². The van der Waals surface area contributed by atoms with Gasteiger partial charge in [0.25, 0.3) is 0 Å². The van der Waals surface area contributed by atoms with Gasteiger partial charge >= 0.3 is 0 Å². The van der Waals surface area contributed by atoms with Crippen molar-refractivity contribution in [1.29, 1.82) is 0 Å². The number of hydrogen-bond acceptors (Lipinski definition) is 2. The molecule has 2 nitrogen and oxygen atoms in total. The Hall–Kier alpha value is -0.0800. The van der Waals surface area contributed by atoms with Crippen LogP contribution in [0.25, 0.3) is 0 Å². The molecular weight excluding hydrogens is 210 g/mol. The Morgan fingerprint density at radius 2 is 1.82 bits per heavy atom. The third-order valence-electron chi connectivity index (χ3n) is 4.56. The molecule has 1 heterocycles. The van der Waals surface area contributed by atoms with E-state index in [1.165, 1.54) is 57.8 Å². The van der Waals surface area contributed by atoms with E-state index in [4.69, 9.17) is 4.74 Å². The fraction of sp³-hybridized carbons (Fsp3) is 1.00. The largest absolute Gasteiger partial charge is 0.378 e. The molecule has 0 aromatic rings. The molecule has 0 aromatic carbocycles. The minimum absolute atomic E-state index is 0.537. The first-order valence-corrected chi connectivity index (χ1v) is 7.71. The Morgan fingerprint density at radius 3 is 2.53 bits per heavy atom. The highest BCUT2D eigenvalue weighted by Crippen LogP contribution is 2.26. The number of nitrogens with one attached hydrogen (secondary N) is 1. The minimum atomic E-state index is 0.537. The van der Waals surface area contributed by atoms with Gasteiger partial charge in [0, 0.05) is 12.6 Å². The van der Waals surface area contributed by atoms with Crippen LogP contribution in [-0.2, 0) is 4.74 Å². The van der Waals surface area contributed by atoms with Crippen molar-refractivity contribution in [1.82, 2.24) is 5.32 Å². The molecule has 1 aliphatic carbocycles. The fourth-order valence-corrected chi connectivity index (χ4v) is 3.31. The molecule has 1 saturated carbocycles. The Labute approximate surface area is 107 Å². The summed E-state index contributed by atoms with van der Waals surface area (Å²) in [5, 5.41) is 3.72. The highest BCUT2D eigenvalue weighted by molar-refractivity contribution is 4.76. The van der Waals surface area contributed by atoms with Crippen LogP contribution in [0.5, 0.6) is 0 Å². The van der Waals surface area contributed by atoms with E-state index >= 15 is 0 Å². The summed E-state index contributed by atoms with van der Waals surface area (Å²) in [4.78, 5) is 0. The topological polar surface area (TPSA) is 21.3 Å². The Bertz CT molecular complexity index is 195. The van der Waals surface area contributed by atoms with Gasteiger partial charge in [-0.05, 0) is 57.9 Å². The van der Waals surface area contributed by atoms with Crippen LogP contribution in [-0.4, -0.2) is 25.3 Å². The van der Waals surface area contributed by atoms with Crippen LogP contribution in [0.4, 0.5) is 0 Å². The maximum absolute atomic E-state index is 5.77. The predicted octanol–water partition coefficient (Wildman–Crippen LogP) is 3.50. The Kier molecular flexibility index (Phi) is 5.79. The quantitative estimate of drug-likeness (QED) is 0.793. The lowest BCUT2D eigenvalue weighted by Gasteiger charge is -2.29. The SMILES string of the molecule is CC(NCCC1CCCCO1)C1CCCCC1. The maximum Gasteiger partial charge on any atom is 0.0587 e. The summed E-state index contributed by atoms with van der Waals surface area (Å²) in [7, 11) is 0. The summed E-state index contributed by atoms with van der Waals surface area (Å²) in [6, 6.07) is 0.707. The summed E-state index contributed by atoms with van der Waals surface area (Å²) in [6.07, 6.45) is 12.9. The molecule has 0 bridgehead atoms. The average molecular weight is 239 g/mol. The lowest BCUT2D eigenvalue weighted by atomic mass is 9.84. The molecule has 2 aliphatic rings. The molecule has 0 radical (unpaired) electrons. The molecule has 100 valence electrons. The van der Waals surface area contributed by atoms with Crippen LogP contribution in [0.2, 0.25) is 0 Å². The molecule has 1 N–H and O–H groups in total. The third kappa shape index (κ3) is 4.59. The van der Waals surface area contributed by atoms with Crippen molar-refractivity contribution in [2.45, 2.75) is 76.9 Å². The molecule has 2 fully saturated rings. The predicted molar refractivity (Wildman–Crippen MR) is 72.2 cm³/mol. The average Bonchev–Trinajstić information content (AvgIpc) is 2.41. The second-order valence-electron chi connectivity index (χ2n) is 5.92. The van der Waals surface area contributed by atoms with Crippen molar-refractivity contribution in [3.05, 3.63) is 0 Å². The Morgan fingerprint density at radius 1 is 1.06 bits per heavy atom. The lowest BCUT2D eigenvalue weighted by molar-refractivity contribution is 0.0109. The highest BCUT2D eigenvalue weighted by atomic mass is 16.5. The third-order valence-corrected chi connectivity index (χ3v) is 4.56. The Balaban J connectivity index is 1.57. The zero-order chi connectivity index (χ0) is 11.9. The van der Waals surface area contributed by atoms with E-state index < -0.39 is 0 Å². The van der Waals surface area contributed by atoms with Gasteiger partial charge in [-0.15, -0.1) is 0 Å². The van der Waals surface area contributed by atoms with Crippen molar-refractivity contribution in [2.75, 3.05) is 13.2 Å². The molecule has 17 heavy (non-hydrogen) atoms. The zero-order valence-electron chi connectivity index (χ0n) is 11.4. The standard InChI is InChI=1S/C15H29NO/c1-13(14-7-3-2-4-8-14)16-11-10-15-9-5-6-12-17-15/h13-16H,2-12H2,1H3. The lowest BCUT2D eigenvalue weighted by Crippen LogP contribution is -2.36. The molecule has 0 spiro atoms. The maximum atomic E-state index is 5.77. The molecule has 1 saturated heterocycles. The van der Waals surface area contributed by atoms with Gasteiger partial charge < -0.3 is 10.1 Å². The molecule has 1 aliphatic heterocycles. The molecule has 2 atom stereocenters. The highest BCUT2D eigenvalue weighted by Gasteiger charge is 2.20. The van der Waals surface area contributed by atoms with Gasteiger partial charge in [-0.25, -0.2) is 0 Å². The van der Waals surface area contributed by atoms with Gasteiger partial charge in [0.1, 0.15) is 0 Å². The van der Waals surface area contributed by atoms with Crippen LogP contribution in [0.1, 0.15) is 64.7 Å². The summed E-state index contributed by atoms with van der Waals surface area (Å²) in [6.45, 7) is 4.50. The normalized spacial score (nSPS) is 29.1. The van der Waals surface area contributed by atoms with Gasteiger partial charge in [-0.1, -0.05) is 19.3 Å². The second kappa shape index (κ2) is 7.38. The summed E-state index contributed by atoms with van der Waals surface area (Å²) < 4.78 is 5.77. The van der Waals surface area contributed by atoms with Gasteiger partial charge in [0.05, 0.1) is 6.10 Å². The molecule has 2 heteroatoms. The van der Waals surface area contributed by atoms with Gasteiger partial charge in [-0.3, -0.25) is 0 Å². The van der Waals surface area contributed by atoms with E-state index in [1.54, 1.807) is 0 Å². The van der Waals surface area contributed by atoms with E-state index in [9.17, 15) is 0 Å². The fourth-order valence-electron chi connectivity index (χ4n) is 3.31. The number of rotatable bonds is 5. The first-order chi connectivity index (χ1) is 8.36. The first-order valence-electron chi connectivity index (χ1n) is 7.71. The van der Waals surface area contributed by atoms with E-state index in [1.807, 2.05) is 0 Å². The van der Waals surface area contributed by atoms with Gasteiger partial charge in [0.15, 0.2) is 0 Å². The molecule has 0 amide bonds. The molecular formula is C15H29NO. The van der Waals surface area contributed by atoms with Crippen molar-refractivity contribution in [3.63, 3.8) is 0 Å². The van der Waals surface area contributed by atoms with E-state index in [2.05, 4.69) is 12.2 Å². The molecule has 2 unspecified atom stereocenters. The summed E-state index contributed by atoms with van der Waals surface area (Å²) in [5.74, 6) is 0.927. The van der Waals surface area contributed by atoms with Gasteiger partial charge in [0.2, 0.25) is 0 Å². The van der Waals surface area contributed by atoms with Crippen molar-refractivity contribution in [2.24, 2.45) is 5.92 Å².